The molecule has 1 saturated heterocycles. The van der Waals surface area contributed by atoms with Gasteiger partial charge < -0.3 is 20.9 Å². The van der Waals surface area contributed by atoms with Crippen molar-refractivity contribution in [3.8, 4) is 0 Å². The predicted octanol–water partition coefficient (Wildman–Crippen LogP) is 0.646. The molecule has 1 saturated carbocycles. The number of nitrogens with one attached hydrogen (secondary N) is 1. The van der Waals surface area contributed by atoms with Crippen molar-refractivity contribution in [2.45, 2.75) is 50.5 Å². The van der Waals surface area contributed by atoms with E-state index in [-0.39, 0.29) is 17.9 Å². The summed E-state index contributed by atoms with van der Waals surface area (Å²) in [5.74, 6) is -1.24. The fourth-order valence-electron chi connectivity index (χ4n) is 3.29. The number of hydrogen-bond acceptors (Lipinski definition) is 4. The maximum atomic E-state index is 12.3. The van der Waals surface area contributed by atoms with Gasteiger partial charge in [0.1, 0.15) is 0 Å². The molecule has 0 aromatic rings. The zero-order chi connectivity index (χ0) is 14.6. The first-order valence-electron chi connectivity index (χ1n) is 7.34. The third kappa shape index (κ3) is 3.12. The van der Waals surface area contributed by atoms with E-state index in [0.717, 1.165) is 25.7 Å². The molecule has 2 aliphatic rings. The highest BCUT2D eigenvalue weighted by atomic mass is 16.5. The molecule has 2 fully saturated rings. The van der Waals surface area contributed by atoms with E-state index in [1.807, 2.05) is 0 Å². The van der Waals surface area contributed by atoms with Crippen molar-refractivity contribution in [2.24, 2.45) is 11.1 Å². The molecule has 1 atom stereocenters. The Kier molecular flexibility index (Phi) is 4.65. The number of carboxylic acid groups (broad SMARTS) is 1. The predicted molar refractivity (Wildman–Crippen MR) is 73.1 cm³/mol. The van der Waals surface area contributed by atoms with Gasteiger partial charge in [-0.25, -0.2) is 4.79 Å². The molecule has 2 rings (SSSR count). The maximum absolute atomic E-state index is 12.3. The zero-order valence-corrected chi connectivity index (χ0v) is 11.8. The molecule has 0 aromatic carbocycles. The van der Waals surface area contributed by atoms with Crippen LogP contribution in [0, 0.1) is 5.41 Å². The van der Waals surface area contributed by atoms with Crippen LogP contribution in [0.3, 0.4) is 0 Å². The third-order valence-electron chi connectivity index (χ3n) is 4.69. The monoisotopic (exact) mass is 284 g/mol. The van der Waals surface area contributed by atoms with Crippen LogP contribution in [0.5, 0.6) is 0 Å². The van der Waals surface area contributed by atoms with Crippen LogP contribution in [0.25, 0.3) is 0 Å². The summed E-state index contributed by atoms with van der Waals surface area (Å²) in [7, 11) is 0. The fourth-order valence-corrected chi connectivity index (χ4v) is 3.29. The summed E-state index contributed by atoms with van der Waals surface area (Å²) in [5, 5.41) is 12.0. The van der Waals surface area contributed by atoms with E-state index < -0.39 is 11.5 Å². The second-order valence-corrected chi connectivity index (χ2v) is 6.18. The molecule has 1 heterocycles. The van der Waals surface area contributed by atoms with Crippen LogP contribution < -0.4 is 11.1 Å². The average Bonchev–Trinajstić information content (AvgIpc) is 2.89. The van der Waals surface area contributed by atoms with E-state index in [1.165, 1.54) is 6.42 Å². The lowest BCUT2D eigenvalue weighted by molar-refractivity contribution is -0.148. The summed E-state index contributed by atoms with van der Waals surface area (Å²) in [6, 6.07) is 0. The highest BCUT2D eigenvalue weighted by Gasteiger charge is 2.45. The Balaban J connectivity index is 1.98. The quantitative estimate of drug-likeness (QED) is 0.688. The second-order valence-electron chi connectivity index (χ2n) is 6.18. The minimum Gasteiger partial charge on any atom is -0.479 e. The van der Waals surface area contributed by atoms with Gasteiger partial charge in [0.15, 0.2) is 5.54 Å². The molecule has 114 valence electrons. The van der Waals surface area contributed by atoms with E-state index in [0.29, 0.717) is 26.0 Å². The van der Waals surface area contributed by atoms with Crippen LogP contribution in [-0.4, -0.2) is 42.3 Å². The van der Waals surface area contributed by atoms with E-state index in [2.05, 4.69) is 5.32 Å². The third-order valence-corrected chi connectivity index (χ3v) is 4.69. The fraction of sp³-hybridized carbons (Fsp3) is 0.857. The smallest absolute Gasteiger partial charge is 0.331 e. The Hall–Kier alpha value is -1.14. The molecule has 20 heavy (non-hydrogen) atoms. The van der Waals surface area contributed by atoms with Gasteiger partial charge in [-0.3, -0.25) is 4.79 Å². The molecule has 1 amide bonds. The van der Waals surface area contributed by atoms with E-state index in [1.54, 1.807) is 0 Å². The number of hydrogen-bond donors (Lipinski definition) is 3. The molecule has 1 aliphatic carbocycles. The van der Waals surface area contributed by atoms with Crippen molar-refractivity contribution in [1.82, 2.24) is 5.32 Å². The molecule has 0 aromatic heterocycles. The summed E-state index contributed by atoms with van der Waals surface area (Å²) in [6.07, 6.45) is 5.93. The summed E-state index contributed by atoms with van der Waals surface area (Å²) < 4.78 is 5.14. The van der Waals surface area contributed by atoms with Gasteiger partial charge in [-0.2, -0.15) is 0 Å². The zero-order valence-electron chi connectivity index (χ0n) is 11.8. The first kappa shape index (κ1) is 15.3. The molecule has 0 radical (unpaired) electrons. The minimum atomic E-state index is -1.25. The lowest BCUT2D eigenvalue weighted by Gasteiger charge is -2.36. The van der Waals surface area contributed by atoms with Crippen molar-refractivity contribution >= 4 is 11.9 Å². The molecule has 0 spiro atoms. The first-order valence-corrected chi connectivity index (χ1v) is 7.34. The van der Waals surface area contributed by atoms with Crippen LogP contribution in [0.2, 0.25) is 0 Å². The van der Waals surface area contributed by atoms with Crippen molar-refractivity contribution in [2.75, 3.05) is 19.8 Å². The van der Waals surface area contributed by atoms with Gasteiger partial charge in [0.05, 0.1) is 6.61 Å². The number of ether oxygens (including phenoxy) is 1. The Labute approximate surface area is 119 Å². The molecular weight excluding hydrogens is 260 g/mol. The maximum Gasteiger partial charge on any atom is 0.331 e. The average molecular weight is 284 g/mol. The topological polar surface area (TPSA) is 102 Å². The van der Waals surface area contributed by atoms with Gasteiger partial charge in [0.2, 0.25) is 5.91 Å². The summed E-state index contributed by atoms with van der Waals surface area (Å²) in [6.45, 7) is 0.898. The van der Waals surface area contributed by atoms with E-state index in [9.17, 15) is 14.7 Å². The number of amides is 1. The van der Waals surface area contributed by atoms with Crippen LogP contribution in [0.15, 0.2) is 0 Å². The standard InChI is InChI=1S/C14H24N2O4/c15-9-13(4-2-1-3-5-13)8-11(17)16-14(12(18)19)6-7-20-10-14/h1-10,15H2,(H,16,17)(H,18,19). The number of carbonyl (C=O) groups is 2. The van der Waals surface area contributed by atoms with Gasteiger partial charge in [-0.1, -0.05) is 19.3 Å². The first-order chi connectivity index (χ1) is 9.52. The summed E-state index contributed by atoms with van der Waals surface area (Å²) in [5.41, 5.74) is 4.47. The van der Waals surface area contributed by atoms with Gasteiger partial charge in [-0.15, -0.1) is 0 Å². The number of aliphatic carboxylic acids is 1. The van der Waals surface area contributed by atoms with E-state index in [4.69, 9.17) is 10.5 Å². The Morgan fingerprint density at radius 3 is 2.40 bits per heavy atom. The highest BCUT2D eigenvalue weighted by Crippen LogP contribution is 2.38. The molecule has 4 N–H and O–H groups in total. The molecule has 0 bridgehead atoms. The van der Waals surface area contributed by atoms with Gasteiger partial charge in [0, 0.05) is 19.4 Å². The van der Waals surface area contributed by atoms with Crippen LogP contribution in [-0.2, 0) is 14.3 Å². The minimum absolute atomic E-state index is 0.0453. The molecule has 6 heteroatoms. The van der Waals surface area contributed by atoms with E-state index >= 15 is 0 Å². The Bertz CT molecular complexity index is 371. The van der Waals surface area contributed by atoms with Crippen LogP contribution in [0.4, 0.5) is 0 Å². The lowest BCUT2D eigenvalue weighted by Crippen LogP contribution is -2.56. The highest BCUT2D eigenvalue weighted by molar-refractivity contribution is 5.87. The molecule has 1 aliphatic heterocycles. The molecule has 6 nitrogen and oxygen atoms in total. The van der Waals surface area contributed by atoms with Gasteiger partial charge >= 0.3 is 5.97 Å². The number of carboxylic acids is 1. The van der Waals surface area contributed by atoms with Crippen molar-refractivity contribution in [3.63, 3.8) is 0 Å². The largest absolute Gasteiger partial charge is 0.479 e. The Morgan fingerprint density at radius 2 is 1.90 bits per heavy atom. The number of nitrogens with two attached hydrogens (primary N) is 1. The molecule has 1 unspecified atom stereocenters. The van der Waals surface area contributed by atoms with Crippen molar-refractivity contribution in [1.29, 1.82) is 0 Å². The number of carbonyl (C=O) groups excluding carboxylic acids is 1. The van der Waals surface area contributed by atoms with Crippen molar-refractivity contribution in [3.05, 3.63) is 0 Å². The molecular formula is C14H24N2O4. The number of rotatable bonds is 5. The lowest BCUT2D eigenvalue weighted by atomic mass is 9.71. The SMILES string of the molecule is NCC1(CC(=O)NC2(C(=O)O)CCOC2)CCCCC1. The van der Waals surface area contributed by atoms with Gasteiger partial charge in [0.25, 0.3) is 0 Å². The van der Waals surface area contributed by atoms with Crippen LogP contribution in [0.1, 0.15) is 44.9 Å². The normalized spacial score (nSPS) is 29.1. The Morgan fingerprint density at radius 1 is 1.20 bits per heavy atom. The summed E-state index contributed by atoms with van der Waals surface area (Å²) in [4.78, 5) is 23.6. The van der Waals surface area contributed by atoms with Gasteiger partial charge in [-0.05, 0) is 24.8 Å². The van der Waals surface area contributed by atoms with Crippen molar-refractivity contribution < 1.29 is 19.4 Å². The summed E-state index contributed by atoms with van der Waals surface area (Å²) >= 11 is 0. The second kappa shape index (κ2) is 6.10. The van der Waals surface area contributed by atoms with Crippen LogP contribution >= 0.6 is 0 Å².